The highest BCUT2D eigenvalue weighted by Gasteiger charge is 2.26. The number of hydrogen-bond acceptors (Lipinski definition) is 4. The third kappa shape index (κ3) is 4.31. The van der Waals surface area contributed by atoms with Crippen molar-refractivity contribution in [3.8, 4) is 0 Å². The molecular formula is C23H25N3O3. The van der Waals surface area contributed by atoms with E-state index in [4.69, 9.17) is 4.74 Å². The molecule has 4 rings (SSSR count). The number of aromatic nitrogens is 2. The van der Waals surface area contributed by atoms with Crippen molar-refractivity contribution in [3.05, 3.63) is 66.0 Å². The third-order valence-electron chi connectivity index (χ3n) is 5.39. The fourth-order valence-electron chi connectivity index (χ4n) is 3.98. The van der Waals surface area contributed by atoms with Gasteiger partial charge in [0.2, 0.25) is 0 Å². The van der Waals surface area contributed by atoms with Crippen molar-refractivity contribution in [1.82, 2.24) is 14.5 Å². The highest BCUT2D eigenvalue weighted by Crippen LogP contribution is 2.24. The van der Waals surface area contributed by atoms with Crippen molar-refractivity contribution in [2.75, 3.05) is 13.1 Å². The average molecular weight is 391 g/mol. The van der Waals surface area contributed by atoms with E-state index in [0.717, 1.165) is 29.4 Å². The average Bonchev–Trinajstić information content (AvgIpc) is 3.12. The predicted molar refractivity (Wildman–Crippen MR) is 111 cm³/mol. The molecule has 1 aliphatic rings. The van der Waals surface area contributed by atoms with Crippen LogP contribution in [-0.2, 0) is 17.9 Å². The van der Waals surface area contributed by atoms with Crippen molar-refractivity contribution in [3.63, 3.8) is 0 Å². The summed E-state index contributed by atoms with van der Waals surface area (Å²) in [6, 6.07) is 17.5. The van der Waals surface area contributed by atoms with E-state index < -0.39 is 0 Å². The summed E-state index contributed by atoms with van der Waals surface area (Å²) >= 11 is 0. The van der Waals surface area contributed by atoms with Gasteiger partial charge < -0.3 is 14.2 Å². The van der Waals surface area contributed by atoms with E-state index in [1.807, 2.05) is 59.2 Å². The second kappa shape index (κ2) is 8.47. The molecule has 3 aromatic rings. The van der Waals surface area contributed by atoms with Gasteiger partial charge in [0.05, 0.1) is 11.0 Å². The van der Waals surface area contributed by atoms with Crippen LogP contribution in [0.5, 0.6) is 0 Å². The normalized spacial score (nSPS) is 16.7. The number of Topliss-reactive ketones (excluding diaryl/α,β-unsaturated/α-hetero) is 1. The maximum absolute atomic E-state index is 12.5. The van der Waals surface area contributed by atoms with Gasteiger partial charge in [-0.1, -0.05) is 42.5 Å². The molecule has 1 fully saturated rings. The quantitative estimate of drug-likeness (QED) is 0.609. The summed E-state index contributed by atoms with van der Waals surface area (Å²) in [5.74, 6) is 0.690. The largest absolute Gasteiger partial charge is 0.445 e. The Morgan fingerprint density at radius 1 is 1.10 bits per heavy atom. The van der Waals surface area contributed by atoms with Crippen LogP contribution in [0.4, 0.5) is 4.79 Å². The van der Waals surface area contributed by atoms with Crippen LogP contribution in [0.25, 0.3) is 11.0 Å². The summed E-state index contributed by atoms with van der Waals surface area (Å²) < 4.78 is 7.50. The molecular weight excluding hydrogens is 366 g/mol. The molecule has 0 radical (unpaired) electrons. The van der Waals surface area contributed by atoms with Crippen LogP contribution in [0.15, 0.2) is 54.6 Å². The number of carbonyl (C=O) groups excluding carboxylic acids is 2. The topological polar surface area (TPSA) is 64.4 Å². The minimum atomic E-state index is -0.277. The molecule has 0 unspecified atom stereocenters. The summed E-state index contributed by atoms with van der Waals surface area (Å²) in [6.07, 6.45) is 1.65. The molecule has 0 aliphatic carbocycles. The van der Waals surface area contributed by atoms with Crippen molar-refractivity contribution in [1.29, 1.82) is 0 Å². The molecule has 1 saturated heterocycles. The molecule has 6 heteroatoms. The number of hydrogen-bond donors (Lipinski definition) is 0. The maximum atomic E-state index is 12.5. The SMILES string of the molecule is CC(=O)c1nc2ccccc2n1C[C@H]1CCCN(C(=O)OCc2ccccc2)C1. The Bertz CT molecular complexity index is 1010. The van der Waals surface area contributed by atoms with Gasteiger partial charge in [-0.25, -0.2) is 9.78 Å². The Morgan fingerprint density at radius 2 is 1.86 bits per heavy atom. The van der Waals surface area contributed by atoms with Crippen LogP contribution in [0.3, 0.4) is 0 Å². The molecule has 150 valence electrons. The maximum Gasteiger partial charge on any atom is 0.410 e. The van der Waals surface area contributed by atoms with Crippen LogP contribution in [0.2, 0.25) is 0 Å². The van der Waals surface area contributed by atoms with E-state index in [1.54, 1.807) is 11.8 Å². The zero-order valence-electron chi connectivity index (χ0n) is 16.6. The minimum absolute atomic E-state index is 0.0452. The zero-order chi connectivity index (χ0) is 20.2. The summed E-state index contributed by atoms with van der Waals surface area (Å²) in [6.45, 7) is 3.82. The number of ether oxygens (including phenoxy) is 1. The van der Waals surface area contributed by atoms with E-state index in [9.17, 15) is 9.59 Å². The Balaban J connectivity index is 1.44. The molecule has 0 spiro atoms. The molecule has 0 saturated carbocycles. The van der Waals surface area contributed by atoms with Gasteiger partial charge in [-0.05, 0) is 36.5 Å². The van der Waals surface area contributed by atoms with Gasteiger partial charge in [0.25, 0.3) is 0 Å². The monoisotopic (exact) mass is 391 g/mol. The number of carbonyl (C=O) groups is 2. The second-order valence-corrected chi connectivity index (χ2v) is 7.59. The Kier molecular flexibility index (Phi) is 5.60. The van der Waals surface area contributed by atoms with Gasteiger partial charge in [0, 0.05) is 26.6 Å². The summed E-state index contributed by atoms with van der Waals surface area (Å²) in [4.78, 5) is 30.9. The number of fused-ring (bicyclic) bond motifs is 1. The van der Waals surface area contributed by atoms with Crippen LogP contribution in [-0.4, -0.2) is 39.4 Å². The van der Waals surface area contributed by atoms with Crippen LogP contribution < -0.4 is 0 Å². The fraction of sp³-hybridized carbons (Fsp3) is 0.348. The molecule has 1 amide bonds. The standard InChI is InChI=1S/C23H25N3O3/c1-17(27)22-24-20-11-5-6-12-21(20)26(22)15-19-10-7-13-25(14-19)23(28)29-16-18-8-3-2-4-9-18/h2-6,8-9,11-12,19H,7,10,13-16H2,1H3/t19-/m0/s1. The lowest BCUT2D eigenvalue weighted by molar-refractivity contribution is 0.0765. The molecule has 2 aromatic carbocycles. The van der Waals surface area contributed by atoms with E-state index in [-0.39, 0.29) is 24.4 Å². The van der Waals surface area contributed by atoms with Gasteiger partial charge in [-0.3, -0.25) is 4.79 Å². The molecule has 1 atom stereocenters. The Labute approximate surface area is 170 Å². The highest BCUT2D eigenvalue weighted by atomic mass is 16.6. The van der Waals surface area contributed by atoms with E-state index in [2.05, 4.69) is 4.98 Å². The first-order chi connectivity index (χ1) is 14.1. The Morgan fingerprint density at radius 3 is 2.66 bits per heavy atom. The lowest BCUT2D eigenvalue weighted by atomic mass is 9.98. The lowest BCUT2D eigenvalue weighted by Gasteiger charge is -2.32. The molecule has 6 nitrogen and oxygen atoms in total. The molecule has 0 bridgehead atoms. The van der Waals surface area contributed by atoms with Crippen molar-refractivity contribution >= 4 is 22.9 Å². The number of imidazole rings is 1. The fourth-order valence-corrected chi connectivity index (χ4v) is 3.98. The van der Waals surface area contributed by atoms with E-state index in [1.165, 1.54) is 0 Å². The number of likely N-dealkylation sites (tertiary alicyclic amines) is 1. The second-order valence-electron chi connectivity index (χ2n) is 7.59. The predicted octanol–water partition coefficient (Wildman–Crippen LogP) is 4.29. The number of rotatable bonds is 5. The summed E-state index contributed by atoms with van der Waals surface area (Å²) in [7, 11) is 0. The molecule has 1 aromatic heterocycles. The smallest absolute Gasteiger partial charge is 0.410 e. The minimum Gasteiger partial charge on any atom is -0.445 e. The Hall–Kier alpha value is -3.15. The number of piperidine rings is 1. The first-order valence-electron chi connectivity index (χ1n) is 10.0. The molecule has 1 aliphatic heterocycles. The third-order valence-corrected chi connectivity index (χ3v) is 5.39. The number of para-hydroxylation sites is 2. The van der Waals surface area contributed by atoms with Crippen LogP contribution in [0, 0.1) is 5.92 Å². The van der Waals surface area contributed by atoms with E-state index >= 15 is 0 Å². The van der Waals surface area contributed by atoms with Crippen LogP contribution >= 0.6 is 0 Å². The van der Waals surface area contributed by atoms with Crippen molar-refractivity contribution < 1.29 is 14.3 Å². The molecule has 2 heterocycles. The number of benzene rings is 2. The number of ketones is 1. The van der Waals surface area contributed by atoms with Gasteiger partial charge in [-0.2, -0.15) is 0 Å². The highest BCUT2D eigenvalue weighted by molar-refractivity contribution is 5.94. The summed E-state index contributed by atoms with van der Waals surface area (Å²) in [5.41, 5.74) is 2.76. The number of amides is 1. The lowest BCUT2D eigenvalue weighted by Crippen LogP contribution is -2.41. The molecule has 0 N–H and O–H groups in total. The zero-order valence-corrected chi connectivity index (χ0v) is 16.6. The van der Waals surface area contributed by atoms with Gasteiger partial charge >= 0.3 is 6.09 Å². The van der Waals surface area contributed by atoms with Crippen molar-refractivity contribution in [2.45, 2.75) is 32.9 Å². The summed E-state index contributed by atoms with van der Waals surface area (Å²) in [5, 5.41) is 0. The first-order valence-corrected chi connectivity index (χ1v) is 10.0. The van der Waals surface area contributed by atoms with Gasteiger partial charge in [0.15, 0.2) is 11.6 Å². The van der Waals surface area contributed by atoms with E-state index in [0.29, 0.717) is 25.5 Å². The van der Waals surface area contributed by atoms with Gasteiger partial charge in [0.1, 0.15) is 6.61 Å². The van der Waals surface area contributed by atoms with Gasteiger partial charge in [-0.15, -0.1) is 0 Å². The van der Waals surface area contributed by atoms with Crippen molar-refractivity contribution in [2.24, 2.45) is 5.92 Å². The van der Waals surface area contributed by atoms with Crippen LogP contribution in [0.1, 0.15) is 35.9 Å². The number of nitrogens with zero attached hydrogens (tertiary/aromatic N) is 3. The first kappa shape index (κ1) is 19.2. The molecule has 29 heavy (non-hydrogen) atoms.